The maximum Gasteiger partial charge on any atom is 0.281 e. The summed E-state index contributed by atoms with van der Waals surface area (Å²) in [7, 11) is 0. The molecule has 4 aromatic rings. The van der Waals surface area contributed by atoms with E-state index in [1.807, 2.05) is 54.6 Å². The number of carbonyl (C=O) groups excluding carboxylic acids is 1. The van der Waals surface area contributed by atoms with Crippen molar-refractivity contribution in [2.24, 2.45) is 5.10 Å². The summed E-state index contributed by atoms with van der Waals surface area (Å²) in [5, 5.41) is 15.5. The van der Waals surface area contributed by atoms with Crippen molar-refractivity contribution in [3.8, 4) is 5.75 Å². The zero-order chi connectivity index (χ0) is 24.7. The number of halogens is 2. The normalized spacial score (nSPS) is 11.4. The van der Waals surface area contributed by atoms with Gasteiger partial charge in [-0.2, -0.15) is 5.10 Å². The minimum Gasteiger partial charge on any atom is -0.488 e. The first kappa shape index (κ1) is 24.9. The first-order valence-corrected chi connectivity index (χ1v) is 12.4. The number of hydrazone groups is 1. The van der Waals surface area contributed by atoms with Crippen LogP contribution in [0.1, 0.15) is 22.3 Å². The van der Waals surface area contributed by atoms with E-state index >= 15 is 0 Å². The van der Waals surface area contributed by atoms with Gasteiger partial charge in [-0.05, 0) is 68.5 Å². The van der Waals surface area contributed by atoms with Crippen molar-refractivity contribution < 1.29 is 14.6 Å². The summed E-state index contributed by atoms with van der Waals surface area (Å²) in [6.45, 7) is 0.437. The van der Waals surface area contributed by atoms with Gasteiger partial charge in [0.1, 0.15) is 12.4 Å². The van der Waals surface area contributed by atoms with Crippen LogP contribution in [0, 0.1) is 0 Å². The largest absolute Gasteiger partial charge is 0.488 e. The summed E-state index contributed by atoms with van der Waals surface area (Å²) < 4.78 is 7.67. The average Bonchev–Trinajstić information content (AvgIpc) is 2.89. The molecule has 0 spiro atoms. The van der Waals surface area contributed by atoms with Crippen molar-refractivity contribution in [1.29, 1.82) is 0 Å². The number of rotatable bonds is 8. The van der Waals surface area contributed by atoms with Crippen molar-refractivity contribution in [2.75, 3.05) is 0 Å². The minimum atomic E-state index is -1.88. The Morgan fingerprint density at radius 1 is 0.886 bits per heavy atom. The summed E-state index contributed by atoms with van der Waals surface area (Å²) in [4.78, 5) is 13.1. The van der Waals surface area contributed by atoms with Gasteiger partial charge in [0.25, 0.3) is 5.91 Å². The van der Waals surface area contributed by atoms with Gasteiger partial charge < -0.3 is 9.84 Å². The fourth-order valence-electron chi connectivity index (χ4n) is 3.49. The van der Waals surface area contributed by atoms with E-state index in [0.29, 0.717) is 23.5 Å². The van der Waals surface area contributed by atoms with Gasteiger partial charge in [-0.25, -0.2) is 5.43 Å². The van der Waals surface area contributed by atoms with Crippen molar-refractivity contribution in [3.63, 3.8) is 0 Å². The Morgan fingerprint density at radius 3 is 2.06 bits per heavy atom. The molecule has 0 aliphatic heterocycles. The summed E-state index contributed by atoms with van der Waals surface area (Å²) in [6, 6.07) is 31.0. The topological polar surface area (TPSA) is 70.9 Å². The lowest BCUT2D eigenvalue weighted by molar-refractivity contribution is -0.136. The zero-order valence-electron chi connectivity index (χ0n) is 18.6. The molecule has 35 heavy (non-hydrogen) atoms. The highest BCUT2D eigenvalue weighted by Gasteiger charge is 2.39. The van der Waals surface area contributed by atoms with Crippen LogP contribution >= 0.6 is 31.9 Å². The van der Waals surface area contributed by atoms with Crippen LogP contribution in [0.3, 0.4) is 0 Å². The average molecular weight is 594 g/mol. The number of benzene rings is 4. The van der Waals surface area contributed by atoms with E-state index in [-0.39, 0.29) is 0 Å². The van der Waals surface area contributed by atoms with Crippen molar-refractivity contribution in [2.45, 2.75) is 12.2 Å². The number of hydrogen-bond donors (Lipinski definition) is 2. The first-order valence-electron chi connectivity index (χ1n) is 10.8. The second-order valence-corrected chi connectivity index (χ2v) is 9.52. The Kier molecular flexibility index (Phi) is 8.13. The SMILES string of the molecule is O=C(N/N=C\c1ccc(OCc2ccc(Br)cc2)c(Br)c1)C(O)(c1ccccc1)c1ccccc1. The molecular formula is C28H22Br2N2O3. The summed E-state index contributed by atoms with van der Waals surface area (Å²) >= 11 is 6.95. The molecule has 0 aliphatic rings. The van der Waals surface area contributed by atoms with Gasteiger partial charge in [0.15, 0.2) is 5.60 Å². The highest BCUT2D eigenvalue weighted by atomic mass is 79.9. The van der Waals surface area contributed by atoms with Gasteiger partial charge in [-0.1, -0.05) is 88.7 Å². The fraction of sp³-hybridized carbons (Fsp3) is 0.0714. The van der Waals surface area contributed by atoms with Gasteiger partial charge in [-0.15, -0.1) is 0 Å². The number of aliphatic hydroxyl groups is 1. The second-order valence-electron chi connectivity index (χ2n) is 7.75. The third-order valence-corrected chi connectivity index (χ3v) is 6.50. The van der Waals surface area contributed by atoms with E-state index in [0.717, 1.165) is 20.1 Å². The predicted octanol–water partition coefficient (Wildman–Crippen LogP) is 6.18. The Bertz CT molecular complexity index is 1270. The van der Waals surface area contributed by atoms with E-state index < -0.39 is 11.5 Å². The van der Waals surface area contributed by atoms with Gasteiger partial charge in [0.2, 0.25) is 0 Å². The van der Waals surface area contributed by atoms with Gasteiger partial charge in [0, 0.05) is 4.47 Å². The molecule has 7 heteroatoms. The molecular weight excluding hydrogens is 572 g/mol. The molecule has 4 rings (SSSR count). The maximum absolute atomic E-state index is 13.1. The van der Waals surface area contributed by atoms with Crippen LogP contribution in [0.4, 0.5) is 0 Å². The van der Waals surface area contributed by atoms with Gasteiger partial charge in [0.05, 0.1) is 10.7 Å². The van der Waals surface area contributed by atoms with E-state index in [2.05, 4.69) is 42.4 Å². The Balaban J connectivity index is 1.45. The van der Waals surface area contributed by atoms with Crippen LogP contribution in [0.25, 0.3) is 0 Å². The van der Waals surface area contributed by atoms with Gasteiger partial charge >= 0.3 is 0 Å². The van der Waals surface area contributed by atoms with Crippen LogP contribution in [-0.2, 0) is 17.0 Å². The molecule has 0 radical (unpaired) electrons. The highest BCUT2D eigenvalue weighted by molar-refractivity contribution is 9.10. The summed E-state index contributed by atoms with van der Waals surface area (Å²) in [5.41, 5.74) is 3.31. The Hall–Kier alpha value is -3.26. The van der Waals surface area contributed by atoms with Crippen LogP contribution in [0.2, 0.25) is 0 Å². The number of nitrogens with one attached hydrogen (secondary N) is 1. The number of ether oxygens (including phenoxy) is 1. The molecule has 0 unspecified atom stereocenters. The highest BCUT2D eigenvalue weighted by Crippen LogP contribution is 2.30. The monoisotopic (exact) mass is 592 g/mol. The van der Waals surface area contributed by atoms with E-state index in [1.165, 1.54) is 6.21 Å². The Morgan fingerprint density at radius 2 is 1.49 bits per heavy atom. The molecule has 176 valence electrons. The molecule has 0 saturated carbocycles. The third-order valence-electron chi connectivity index (χ3n) is 5.35. The summed E-state index contributed by atoms with van der Waals surface area (Å²) in [6.07, 6.45) is 1.51. The smallest absolute Gasteiger partial charge is 0.281 e. The number of nitrogens with zero attached hydrogens (tertiary/aromatic N) is 1. The van der Waals surface area contributed by atoms with Crippen LogP contribution in [0.15, 0.2) is 117 Å². The minimum absolute atomic E-state index is 0.437. The molecule has 5 nitrogen and oxygen atoms in total. The molecule has 1 amide bonds. The molecule has 0 aliphatic carbocycles. The van der Waals surface area contributed by atoms with Gasteiger partial charge in [-0.3, -0.25) is 4.79 Å². The zero-order valence-corrected chi connectivity index (χ0v) is 21.7. The van der Waals surface area contributed by atoms with Crippen molar-refractivity contribution >= 4 is 44.0 Å². The van der Waals surface area contributed by atoms with E-state index in [1.54, 1.807) is 48.5 Å². The lowest BCUT2D eigenvalue weighted by Gasteiger charge is -2.27. The van der Waals surface area contributed by atoms with Crippen LogP contribution in [0.5, 0.6) is 5.75 Å². The molecule has 0 bridgehead atoms. The summed E-state index contributed by atoms with van der Waals surface area (Å²) in [5.74, 6) is 0.0382. The predicted molar refractivity (Wildman–Crippen MR) is 144 cm³/mol. The second kappa shape index (κ2) is 11.4. The number of hydrogen-bond acceptors (Lipinski definition) is 4. The van der Waals surface area contributed by atoms with Crippen molar-refractivity contribution in [3.05, 3.63) is 134 Å². The molecule has 2 N–H and O–H groups in total. The molecule has 0 aromatic heterocycles. The van der Waals surface area contributed by atoms with E-state index in [9.17, 15) is 9.90 Å². The molecule has 0 fully saturated rings. The number of amides is 1. The number of carbonyl (C=O) groups is 1. The van der Waals surface area contributed by atoms with E-state index in [4.69, 9.17) is 4.74 Å². The lowest BCUT2D eigenvalue weighted by atomic mass is 9.85. The molecule has 0 saturated heterocycles. The first-order chi connectivity index (χ1) is 17.0. The quantitative estimate of drug-likeness (QED) is 0.189. The molecule has 0 atom stereocenters. The third kappa shape index (κ3) is 6.06. The Labute approximate surface area is 220 Å². The van der Waals surface area contributed by atoms with Crippen LogP contribution in [-0.4, -0.2) is 17.2 Å². The maximum atomic E-state index is 13.1. The standard InChI is InChI=1S/C28H22Br2N2O3/c29-24-14-11-20(12-15-24)19-35-26-16-13-21(17-25(26)30)18-31-32-27(33)28(34,22-7-3-1-4-8-22)23-9-5-2-6-10-23/h1-18,34H,19H2,(H,32,33)/b31-18-. The lowest BCUT2D eigenvalue weighted by Crippen LogP contribution is -2.43. The molecule has 4 aromatic carbocycles. The van der Waals surface area contributed by atoms with Crippen molar-refractivity contribution in [1.82, 2.24) is 5.43 Å². The molecule has 0 heterocycles. The van der Waals surface area contributed by atoms with Crippen LogP contribution < -0.4 is 10.2 Å². The fourth-order valence-corrected chi connectivity index (χ4v) is 4.27.